The van der Waals surface area contributed by atoms with Gasteiger partial charge in [-0.2, -0.15) is 0 Å². The van der Waals surface area contributed by atoms with E-state index >= 15 is 0 Å². The molecule has 0 aliphatic carbocycles. The molecule has 1 N–H and O–H groups in total. The summed E-state index contributed by atoms with van der Waals surface area (Å²) in [4.78, 5) is 10.3. The Morgan fingerprint density at radius 3 is 2.50 bits per heavy atom. The minimum absolute atomic E-state index is 0.115. The Kier molecular flexibility index (Phi) is 2.81. The molecule has 14 heavy (non-hydrogen) atoms. The van der Waals surface area contributed by atoms with Crippen molar-refractivity contribution in [1.82, 2.24) is 0 Å². The molecule has 0 amide bonds. The molecule has 0 saturated carbocycles. The van der Waals surface area contributed by atoms with Crippen LogP contribution in [0.1, 0.15) is 0 Å². The zero-order valence-corrected chi connectivity index (χ0v) is 6.96. The Labute approximate surface area is 78.2 Å². The van der Waals surface area contributed by atoms with Crippen LogP contribution in [0.2, 0.25) is 0 Å². The number of hydrogen-bond donors (Lipinski definition) is 1. The molecule has 3 nitrogen and oxygen atoms in total. The molecule has 0 bridgehead atoms. The van der Waals surface area contributed by atoms with Gasteiger partial charge < -0.3 is 9.84 Å². The molecular formula is C9H6F2O3. The molecule has 0 saturated heterocycles. The maximum atomic E-state index is 12.6. The normalized spacial score (nSPS) is 9.57. The highest BCUT2D eigenvalue weighted by Crippen LogP contribution is 2.17. The molecule has 0 aliphatic rings. The molecule has 0 aliphatic heterocycles. The van der Waals surface area contributed by atoms with E-state index in [1.807, 2.05) is 0 Å². The summed E-state index contributed by atoms with van der Waals surface area (Å²) >= 11 is 0. The second-order valence-corrected chi connectivity index (χ2v) is 2.41. The molecule has 0 radical (unpaired) electrons. The highest BCUT2D eigenvalue weighted by atomic mass is 19.2. The Balaban J connectivity index is 2.83. The smallest absolute Gasteiger partial charge is 0.371 e. The second-order valence-electron chi connectivity index (χ2n) is 2.41. The number of ether oxygens (including phenoxy) is 1. The van der Waals surface area contributed by atoms with Crippen molar-refractivity contribution in [3.05, 3.63) is 42.2 Å². The number of benzene rings is 1. The van der Waals surface area contributed by atoms with Gasteiger partial charge in [-0.25, -0.2) is 13.6 Å². The molecular weight excluding hydrogens is 194 g/mol. The molecule has 1 rings (SSSR count). The van der Waals surface area contributed by atoms with E-state index in [-0.39, 0.29) is 5.75 Å². The summed E-state index contributed by atoms with van der Waals surface area (Å²) in [6.45, 7) is 3.06. The average molecular weight is 200 g/mol. The van der Waals surface area contributed by atoms with Crippen molar-refractivity contribution in [2.75, 3.05) is 0 Å². The first kappa shape index (κ1) is 10.2. The van der Waals surface area contributed by atoms with E-state index in [0.29, 0.717) is 0 Å². The van der Waals surface area contributed by atoms with Gasteiger partial charge in [-0.3, -0.25) is 0 Å². The van der Waals surface area contributed by atoms with Crippen molar-refractivity contribution in [2.45, 2.75) is 0 Å². The highest BCUT2D eigenvalue weighted by Gasteiger charge is 2.08. The molecule has 0 atom stereocenters. The molecule has 0 aromatic heterocycles. The number of halogens is 2. The average Bonchev–Trinajstić information content (AvgIpc) is 2.11. The number of hydrogen-bond acceptors (Lipinski definition) is 2. The largest absolute Gasteiger partial charge is 0.475 e. The topological polar surface area (TPSA) is 46.5 Å². The number of rotatable bonds is 3. The van der Waals surface area contributed by atoms with Crippen LogP contribution in [0, 0.1) is 11.6 Å². The van der Waals surface area contributed by atoms with E-state index < -0.39 is 23.4 Å². The summed E-state index contributed by atoms with van der Waals surface area (Å²) in [5.41, 5.74) is 0. The quantitative estimate of drug-likeness (QED) is 0.599. The summed E-state index contributed by atoms with van der Waals surface area (Å²) < 4.78 is 29.6. The fourth-order valence-corrected chi connectivity index (χ4v) is 0.726. The van der Waals surface area contributed by atoms with Gasteiger partial charge in [0.1, 0.15) is 5.75 Å². The molecule has 1 aromatic rings. The zero-order chi connectivity index (χ0) is 10.7. The van der Waals surface area contributed by atoms with Crippen LogP contribution in [-0.4, -0.2) is 11.1 Å². The lowest BCUT2D eigenvalue weighted by Gasteiger charge is -2.04. The van der Waals surface area contributed by atoms with Crippen molar-refractivity contribution < 1.29 is 23.4 Å². The number of carboxylic acid groups (broad SMARTS) is 1. The van der Waals surface area contributed by atoms with Gasteiger partial charge >= 0.3 is 5.97 Å². The van der Waals surface area contributed by atoms with Gasteiger partial charge in [-0.1, -0.05) is 0 Å². The van der Waals surface area contributed by atoms with Gasteiger partial charge in [0.05, 0.1) is 0 Å². The van der Waals surface area contributed by atoms with Crippen molar-refractivity contribution in [3.8, 4) is 5.75 Å². The SMILES string of the molecule is C=C(Oc1ccc(F)c(F)c1)C(=O)O. The van der Waals surface area contributed by atoms with Gasteiger partial charge in [0.25, 0.3) is 0 Å². The molecule has 0 unspecified atom stereocenters. The van der Waals surface area contributed by atoms with Crippen LogP contribution in [-0.2, 0) is 4.79 Å². The minimum Gasteiger partial charge on any atom is -0.475 e. The lowest BCUT2D eigenvalue weighted by molar-refractivity contribution is -0.135. The van der Waals surface area contributed by atoms with Crippen molar-refractivity contribution >= 4 is 5.97 Å². The Morgan fingerprint density at radius 2 is 2.00 bits per heavy atom. The van der Waals surface area contributed by atoms with E-state index in [1.54, 1.807) is 0 Å². The summed E-state index contributed by atoms with van der Waals surface area (Å²) in [5.74, 6) is -4.18. The number of aliphatic carboxylic acids is 1. The molecule has 0 spiro atoms. The maximum Gasteiger partial charge on any atom is 0.371 e. The van der Waals surface area contributed by atoms with E-state index in [2.05, 4.69) is 11.3 Å². The van der Waals surface area contributed by atoms with E-state index in [0.717, 1.165) is 18.2 Å². The number of carboxylic acids is 1. The van der Waals surface area contributed by atoms with Crippen LogP contribution < -0.4 is 4.74 Å². The molecule has 0 heterocycles. The Hall–Kier alpha value is -1.91. The van der Waals surface area contributed by atoms with Gasteiger partial charge in [0, 0.05) is 6.07 Å². The Morgan fingerprint density at radius 1 is 1.36 bits per heavy atom. The lowest BCUT2D eigenvalue weighted by atomic mass is 10.3. The van der Waals surface area contributed by atoms with Crippen LogP contribution in [0.15, 0.2) is 30.5 Å². The summed E-state index contributed by atoms with van der Waals surface area (Å²) in [6.07, 6.45) is 0. The van der Waals surface area contributed by atoms with Crippen LogP contribution in [0.4, 0.5) is 8.78 Å². The summed E-state index contributed by atoms with van der Waals surface area (Å²) in [6, 6.07) is 2.68. The summed E-state index contributed by atoms with van der Waals surface area (Å²) in [5, 5.41) is 8.37. The first-order valence-electron chi connectivity index (χ1n) is 3.56. The van der Waals surface area contributed by atoms with Crippen LogP contribution in [0.25, 0.3) is 0 Å². The first-order valence-corrected chi connectivity index (χ1v) is 3.56. The van der Waals surface area contributed by atoms with Crippen LogP contribution >= 0.6 is 0 Å². The lowest BCUT2D eigenvalue weighted by Crippen LogP contribution is -2.06. The molecule has 74 valence electrons. The maximum absolute atomic E-state index is 12.6. The summed E-state index contributed by atoms with van der Waals surface area (Å²) in [7, 11) is 0. The molecule has 1 aromatic carbocycles. The monoisotopic (exact) mass is 200 g/mol. The van der Waals surface area contributed by atoms with Crippen molar-refractivity contribution in [2.24, 2.45) is 0 Å². The Bertz CT molecular complexity index is 388. The zero-order valence-electron chi connectivity index (χ0n) is 6.96. The predicted molar refractivity (Wildman–Crippen MR) is 43.8 cm³/mol. The highest BCUT2D eigenvalue weighted by molar-refractivity contribution is 5.83. The third kappa shape index (κ3) is 2.29. The van der Waals surface area contributed by atoms with Crippen molar-refractivity contribution in [1.29, 1.82) is 0 Å². The minimum atomic E-state index is -1.37. The standard InChI is InChI=1S/C9H6F2O3/c1-5(9(12)13)14-6-2-3-7(10)8(11)4-6/h2-4H,1H2,(H,12,13). The van der Waals surface area contributed by atoms with E-state index in [1.165, 1.54) is 0 Å². The number of carbonyl (C=O) groups is 1. The van der Waals surface area contributed by atoms with Gasteiger partial charge in [0.2, 0.25) is 5.76 Å². The van der Waals surface area contributed by atoms with E-state index in [9.17, 15) is 13.6 Å². The third-order valence-corrected chi connectivity index (χ3v) is 1.37. The van der Waals surface area contributed by atoms with Crippen LogP contribution in [0.3, 0.4) is 0 Å². The predicted octanol–water partition coefficient (Wildman–Crippen LogP) is 1.94. The van der Waals surface area contributed by atoms with Gasteiger partial charge in [-0.05, 0) is 18.7 Å². The fraction of sp³-hybridized carbons (Fsp3) is 0. The van der Waals surface area contributed by atoms with E-state index in [4.69, 9.17) is 5.11 Å². The van der Waals surface area contributed by atoms with Gasteiger partial charge in [-0.15, -0.1) is 0 Å². The van der Waals surface area contributed by atoms with Crippen molar-refractivity contribution in [3.63, 3.8) is 0 Å². The van der Waals surface area contributed by atoms with Crippen LogP contribution in [0.5, 0.6) is 5.75 Å². The fourth-order valence-electron chi connectivity index (χ4n) is 0.726. The second kappa shape index (κ2) is 3.87. The van der Waals surface area contributed by atoms with Gasteiger partial charge in [0.15, 0.2) is 11.6 Å². The first-order chi connectivity index (χ1) is 6.50. The third-order valence-electron chi connectivity index (χ3n) is 1.37. The molecule has 0 fully saturated rings. The molecule has 5 heteroatoms.